The Hall–Kier alpha value is -1.75. The van der Waals surface area contributed by atoms with Crippen LogP contribution < -0.4 is 5.32 Å². The van der Waals surface area contributed by atoms with E-state index in [0.29, 0.717) is 5.25 Å². The molecule has 1 unspecified atom stereocenters. The van der Waals surface area contributed by atoms with Gasteiger partial charge in [-0.2, -0.15) is 5.10 Å². The highest BCUT2D eigenvalue weighted by molar-refractivity contribution is 8.14. The first-order valence-electron chi connectivity index (χ1n) is 6.30. The van der Waals surface area contributed by atoms with Crippen LogP contribution in [0, 0.1) is 0 Å². The summed E-state index contributed by atoms with van der Waals surface area (Å²) >= 11 is 1.80. The SMILES string of the molecule is Cn1nccc1CNC1=NCC(c2ccccc2)S1. The molecule has 0 bridgehead atoms. The van der Waals surface area contributed by atoms with Crippen LogP contribution in [0.5, 0.6) is 0 Å². The molecular formula is C14H16N4S. The third-order valence-electron chi connectivity index (χ3n) is 3.17. The van der Waals surface area contributed by atoms with Crippen molar-refractivity contribution in [2.24, 2.45) is 12.0 Å². The average Bonchev–Trinajstić information content (AvgIpc) is 3.06. The molecule has 5 heteroatoms. The van der Waals surface area contributed by atoms with E-state index < -0.39 is 0 Å². The van der Waals surface area contributed by atoms with Crippen LogP contribution in [0.4, 0.5) is 0 Å². The summed E-state index contributed by atoms with van der Waals surface area (Å²) in [5.74, 6) is 0. The van der Waals surface area contributed by atoms with Gasteiger partial charge < -0.3 is 5.32 Å². The zero-order valence-electron chi connectivity index (χ0n) is 10.8. The fraction of sp³-hybridized carbons (Fsp3) is 0.286. The molecule has 0 spiro atoms. The van der Waals surface area contributed by atoms with E-state index >= 15 is 0 Å². The molecule has 2 heterocycles. The van der Waals surface area contributed by atoms with E-state index in [2.05, 4.69) is 39.7 Å². The molecule has 0 radical (unpaired) electrons. The van der Waals surface area contributed by atoms with E-state index in [1.165, 1.54) is 5.56 Å². The molecular weight excluding hydrogens is 256 g/mol. The minimum absolute atomic E-state index is 0.440. The van der Waals surface area contributed by atoms with Gasteiger partial charge in [-0.25, -0.2) is 0 Å². The first-order chi connectivity index (χ1) is 9.33. The lowest BCUT2D eigenvalue weighted by Crippen LogP contribution is -2.20. The maximum absolute atomic E-state index is 4.56. The first-order valence-corrected chi connectivity index (χ1v) is 7.18. The highest BCUT2D eigenvalue weighted by atomic mass is 32.2. The van der Waals surface area contributed by atoms with Gasteiger partial charge in [0.2, 0.25) is 0 Å². The van der Waals surface area contributed by atoms with E-state index in [-0.39, 0.29) is 0 Å². The lowest BCUT2D eigenvalue weighted by Gasteiger charge is -2.09. The van der Waals surface area contributed by atoms with Crippen LogP contribution in [0.15, 0.2) is 47.6 Å². The normalized spacial score (nSPS) is 18.4. The van der Waals surface area contributed by atoms with Gasteiger partial charge in [0.25, 0.3) is 0 Å². The Labute approximate surface area is 116 Å². The fourth-order valence-corrected chi connectivity index (χ4v) is 3.07. The van der Waals surface area contributed by atoms with Crippen LogP contribution in [0.3, 0.4) is 0 Å². The number of rotatable bonds is 3. The Morgan fingerprint density at radius 2 is 2.16 bits per heavy atom. The van der Waals surface area contributed by atoms with Crippen molar-refractivity contribution >= 4 is 16.9 Å². The summed E-state index contributed by atoms with van der Waals surface area (Å²) < 4.78 is 1.88. The van der Waals surface area contributed by atoms with Gasteiger partial charge in [-0.1, -0.05) is 42.1 Å². The summed E-state index contributed by atoms with van der Waals surface area (Å²) in [7, 11) is 1.95. The largest absolute Gasteiger partial charge is 0.359 e. The number of amidine groups is 1. The van der Waals surface area contributed by atoms with Gasteiger partial charge in [0.05, 0.1) is 24.0 Å². The van der Waals surface area contributed by atoms with E-state index in [0.717, 1.165) is 24.0 Å². The zero-order chi connectivity index (χ0) is 13.1. The van der Waals surface area contributed by atoms with E-state index in [1.807, 2.05) is 30.1 Å². The van der Waals surface area contributed by atoms with Crippen LogP contribution in [0.25, 0.3) is 0 Å². The summed E-state index contributed by atoms with van der Waals surface area (Å²) in [4.78, 5) is 4.56. The Balaban J connectivity index is 1.56. The van der Waals surface area contributed by atoms with Crippen LogP contribution in [-0.4, -0.2) is 21.5 Å². The van der Waals surface area contributed by atoms with Crippen LogP contribution in [0.2, 0.25) is 0 Å². The Bertz CT molecular complexity index is 576. The molecule has 19 heavy (non-hydrogen) atoms. The van der Waals surface area contributed by atoms with Crippen molar-refractivity contribution in [1.82, 2.24) is 15.1 Å². The summed E-state index contributed by atoms with van der Waals surface area (Å²) in [5.41, 5.74) is 2.50. The van der Waals surface area contributed by atoms with Crippen LogP contribution in [-0.2, 0) is 13.6 Å². The predicted molar refractivity (Wildman–Crippen MR) is 79.1 cm³/mol. The molecule has 2 aromatic rings. The molecule has 0 saturated carbocycles. The quantitative estimate of drug-likeness (QED) is 0.932. The van der Waals surface area contributed by atoms with Gasteiger partial charge in [-0.05, 0) is 11.6 Å². The van der Waals surface area contributed by atoms with Gasteiger partial charge in [-0.3, -0.25) is 9.67 Å². The third kappa shape index (κ3) is 2.81. The van der Waals surface area contributed by atoms with Crippen molar-refractivity contribution in [3.63, 3.8) is 0 Å². The summed E-state index contributed by atoms with van der Waals surface area (Å²) in [6.07, 6.45) is 1.81. The molecule has 1 aromatic heterocycles. The second kappa shape index (κ2) is 5.48. The number of hydrogen-bond acceptors (Lipinski definition) is 4. The topological polar surface area (TPSA) is 42.2 Å². The number of hydrogen-bond donors (Lipinski definition) is 1. The molecule has 1 aliphatic rings. The van der Waals surface area contributed by atoms with Gasteiger partial charge in [0.1, 0.15) is 0 Å². The molecule has 1 aliphatic heterocycles. The first kappa shape index (κ1) is 12.3. The predicted octanol–water partition coefficient (Wildman–Crippen LogP) is 2.35. The Morgan fingerprint density at radius 1 is 1.32 bits per heavy atom. The van der Waals surface area contributed by atoms with Crippen molar-refractivity contribution < 1.29 is 0 Å². The van der Waals surface area contributed by atoms with E-state index in [9.17, 15) is 0 Å². The van der Waals surface area contributed by atoms with Gasteiger partial charge >= 0.3 is 0 Å². The summed E-state index contributed by atoms with van der Waals surface area (Å²) in [5, 5.41) is 8.99. The van der Waals surface area contributed by atoms with Crippen molar-refractivity contribution in [2.75, 3.05) is 6.54 Å². The summed E-state index contributed by atoms with van der Waals surface area (Å²) in [6.45, 7) is 1.62. The van der Waals surface area contributed by atoms with E-state index in [1.54, 1.807) is 11.8 Å². The number of aliphatic imine (C=N–C) groups is 1. The number of aromatic nitrogens is 2. The number of benzene rings is 1. The minimum Gasteiger partial charge on any atom is -0.359 e. The average molecular weight is 272 g/mol. The zero-order valence-corrected chi connectivity index (χ0v) is 11.6. The van der Waals surface area contributed by atoms with E-state index in [4.69, 9.17) is 0 Å². The Kier molecular flexibility index (Phi) is 3.55. The summed E-state index contributed by atoms with van der Waals surface area (Å²) in [6, 6.07) is 12.6. The second-order valence-corrected chi connectivity index (χ2v) is 5.65. The second-order valence-electron chi connectivity index (χ2n) is 4.46. The smallest absolute Gasteiger partial charge is 0.157 e. The molecule has 0 fully saturated rings. The van der Waals surface area contributed by atoms with Crippen molar-refractivity contribution in [2.45, 2.75) is 11.8 Å². The lowest BCUT2D eigenvalue weighted by molar-refractivity contribution is 0.695. The lowest BCUT2D eigenvalue weighted by atomic mass is 10.1. The van der Waals surface area contributed by atoms with Gasteiger partial charge in [0, 0.05) is 13.2 Å². The molecule has 1 atom stereocenters. The van der Waals surface area contributed by atoms with Crippen molar-refractivity contribution in [3.8, 4) is 0 Å². The highest BCUT2D eigenvalue weighted by Gasteiger charge is 2.20. The van der Waals surface area contributed by atoms with Crippen molar-refractivity contribution in [3.05, 3.63) is 53.9 Å². The molecule has 0 saturated heterocycles. The Morgan fingerprint density at radius 3 is 2.89 bits per heavy atom. The standard InChI is InChI=1S/C14H16N4S/c1-18-12(7-8-17-18)9-15-14-16-10-13(19-14)11-5-3-2-4-6-11/h2-8,13H,9-10H2,1H3,(H,15,16). The van der Waals surface area contributed by atoms with Gasteiger partial charge in [-0.15, -0.1) is 0 Å². The molecule has 98 valence electrons. The van der Waals surface area contributed by atoms with Crippen LogP contribution >= 0.6 is 11.8 Å². The molecule has 0 amide bonds. The molecule has 3 rings (SSSR count). The maximum Gasteiger partial charge on any atom is 0.157 e. The third-order valence-corrected chi connectivity index (χ3v) is 4.37. The fourth-order valence-electron chi connectivity index (χ4n) is 2.05. The molecule has 0 aliphatic carbocycles. The molecule has 1 aromatic carbocycles. The number of nitrogens with zero attached hydrogens (tertiary/aromatic N) is 3. The van der Waals surface area contributed by atoms with Crippen LogP contribution in [0.1, 0.15) is 16.5 Å². The van der Waals surface area contributed by atoms with Crippen molar-refractivity contribution in [1.29, 1.82) is 0 Å². The number of nitrogens with one attached hydrogen (secondary N) is 1. The number of thioether (sulfide) groups is 1. The molecule has 4 nitrogen and oxygen atoms in total. The number of aryl methyl sites for hydroxylation is 1. The van der Waals surface area contributed by atoms with Gasteiger partial charge in [0.15, 0.2) is 5.17 Å². The minimum atomic E-state index is 0.440. The highest BCUT2D eigenvalue weighted by Crippen LogP contribution is 2.34. The maximum atomic E-state index is 4.56. The monoisotopic (exact) mass is 272 g/mol. The molecule has 1 N–H and O–H groups in total.